The van der Waals surface area contributed by atoms with Gasteiger partial charge in [0.05, 0.1) is 0 Å². The standard InChI is InChI=1S/C18H22FN5O2S/c19-15-5-1-2-6-16(15)27(25,26)24-11-9-23(10-12-24)18-13-17(20-14-21-18)22-7-3-4-8-22/h1-2,5-6,13-14H,3-4,7-12H2. The maximum absolute atomic E-state index is 13.9. The second-order valence-corrected chi connectivity index (χ2v) is 8.66. The molecule has 144 valence electrons. The van der Waals surface area contributed by atoms with E-state index in [9.17, 15) is 12.8 Å². The monoisotopic (exact) mass is 391 g/mol. The number of nitrogens with zero attached hydrogens (tertiary/aromatic N) is 5. The average molecular weight is 391 g/mol. The SMILES string of the molecule is O=S(=O)(c1ccccc1F)N1CCN(c2cc(N3CCCC3)ncn2)CC1. The summed E-state index contributed by atoms with van der Waals surface area (Å²) in [6.07, 6.45) is 3.91. The second kappa shape index (κ2) is 7.40. The van der Waals surface area contributed by atoms with E-state index in [0.29, 0.717) is 26.2 Å². The van der Waals surface area contributed by atoms with Crippen molar-refractivity contribution in [3.8, 4) is 0 Å². The first kappa shape index (κ1) is 18.1. The third-order valence-corrected chi connectivity index (χ3v) is 7.02. The molecule has 7 nitrogen and oxygen atoms in total. The van der Waals surface area contributed by atoms with Gasteiger partial charge in [-0.15, -0.1) is 0 Å². The van der Waals surface area contributed by atoms with Crippen molar-refractivity contribution >= 4 is 21.7 Å². The lowest BCUT2D eigenvalue weighted by atomic mass is 10.3. The largest absolute Gasteiger partial charge is 0.356 e. The highest BCUT2D eigenvalue weighted by Crippen LogP contribution is 2.24. The Morgan fingerprint density at radius 1 is 0.852 bits per heavy atom. The first-order valence-corrected chi connectivity index (χ1v) is 10.6. The number of rotatable bonds is 4. The van der Waals surface area contributed by atoms with Gasteiger partial charge in [0.2, 0.25) is 10.0 Å². The highest BCUT2D eigenvalue weighted by atomic mass is 32.2. The van der Waals surface area contributed by atoms with E-state index in [2.05, 4.69) is 19.8 Å². The molecule has 0 atom stereocenters. The molecule has 0 radical (unpaired) electrons. The smallest absolute Gasteiger partial charge is 0.246 e. The molecule has 0 amide bonds. The van der Waals surface area contributed by atoms with Gasteiger partial charge < -0.3 is 9.80 Å². The molecule has 9 heteroatoms. The number of anilines is 2. The summed E-state index contributed by atoms with van der Waals surface area (Å²) in [6.45, 7) is 3.60. The predicted octanol–water partition coefficient (Wildman–Crippen LogP) is 1.73. The molecular weight excluding hydrogens is 369 g/mol. The molecule has 2 aliphatic rings. The molecule has 3 heterocycles. The molecule has 0 bridgehead atoms. The van der Waals surface area contributed by atoms with Crippen LogP contribution in [0.5, 0.6) is 0 Å². The summed E-state index contributed by atoms with van der Waals surface area (Å²) in [6, 6.07) is 7.46. The van der Waals surface area contributed by atoms with Gasteiger partial charge in [0.15, 0.2) is 0 Å². The molecular formula is C18H22FN5O2S. The fraction of sp³-hybridized carbons (Fsp3) is 0.444. The Labute approximate surface area is 158 Å². The Hall–Kier alpha value is -2.26. The van der Waals surface area contributed by atoms with Crippen molar-refractivity contribution in [2.45, 2.75) is 17.7 Å². The lowest BCUT2D eigenvalue weighted by molar-refractivity contribution is 0.381. The molecule has 0 saturated carbocycles. The Kier molecular flexibility index (Phi) is 4.96. The normalized spacial score (nSPS) is 18.9. The van der Waals surface area contributed by atoms with Crippen molar-refractivity contribution in [3.63, 3.8) is 0 Å². The van der Waals surface area contributed by atoms with Crippen molar-refractivity contribution in [2.24, 2.45) is 0 Å². The van der Waals surface area contributed by atoms with E-state index in [4.69, 9.17) is 0 Å². The van der Waals surface area contributed by atoms with Gasteiger partial charge in [0, 0.05) is 45.3 Å². The zero-order valence-electron chi connectivity index (χ0n) is 15.0. The number of piperazine rings is 1. The fourth-order valence-electron chi connectivity index (χ4n) is 3.58. The third-order valence-electron chi connectivity index (χ3n) is 5.09. The molecule has 2 fully saturated rings. The van der Waals surface area contributed by atoms with E-state index in [-0.39, 0.29) is 4.90 Å². The molecule has 27 heavy (non-hydrogen) atoms. The van der Waals surface area contributed by atoms with Crippen LogP contribution in [0.1, 0.15) is 12.8 Å². The van der Waals surface area contributed by atoms with E-state index in [0.717, 1.165) is 24.7 Å². The Bertz CT molecular complexity index is 909. The number of sulfonamides is 1. The van der Waals surface area contributed by atoms with Crippen LogP contribution in [0.25, 0.3) is 0 Å². The zero-order chi connectivity index (χ0) is 18.9. The quantitative estimate of drug-likeness (QED) is 0.791. The summed E-state index contributed by atoms with van der Waals surface area (Å²) >= 11 is 0. The molecule has 0 aliphatic carbocycles. The van der Waals surface area contributed by atoms with Crippen LogP contribution in [0.2, 0.25) is 0 Å². The first-order chi connectivity index (χ1) is 13.1. The molecule has 2 saturated heterocycles. The van der Waals surface area contributed by atoms with Gasteiger partial charge in [-0.3, -0.25) is 0 Å². The Morgan fingerprint density at radius 2 is 1.44 bits per heavy atom. The summed E-state index contributed by atoms with van der Waals surface area (Å²) in [5, 5.41) is 0. The van der Waals surface area contributed by atoms with E-state index in [1.165, 1.54) is 41.4 Å². The van der Waals surface area contributed by atoms with Crippen LogP contribution in [-0.4, -0.2) is 62.0 Å². The molecule has 2 aromatic rings. The maximum atomic E-state index is 13.9. The molecule has 1 aromatic carbocycles. The highest BCUT2D eigenvalue weighted by molar-refractivity contribution is 7.89. The fourth-order valence-corrected chi connectivity index (χ4v) is 5.07. The summed E-state index contributed by atoms with van der Waals surface area (Å²) in [5.74, 6) is 1.000. The number of hydrogen-bond acceptors (Lipinski definition) is 6. The van der Waals surface area contributed by atoms with Crippen LogP contribution in [-0.2, 0) is 10.0 Å². The number of benzene rings is 1. The van der Waals surface area contributed by atoms with Gasteiger partial charge in [-0.25, -0.2) is 22.8 Å². The van der Waals surface area contributed by atoms with E-state index >= 15 is 0 Å². The molecule has 0 spiro atoms. The third kappa shape index (κ3) is 3.61. The van der Waals surface area contributed by atoms with E-state index in [1.54, 1.807) is 6.33 Å². The van der Waals surface area contributed by atoms with E-state index in [1.807, 2.05) is 6.07 Å². The van der Waals surface area contributed by atoms with Crippen molar-refractivity contribution < 1.29 is 12.8 Å². The van der Waals surface area contributed by atoms with Crippen molar-refractivity contribution in [1.82, 2.24) is 14.3 Å². The topological polar surface area (TPSA) is 69.6 Å². The maximum Gasteiger partial charge on any atom is 0.246 e. The summed E-state index contributed by atoms with van der Waals surface area (Å²) < 4.78 is 40.7. The minimum atomic E-state index is -3.83. The Morgan fingerprint density at radius 3 is 2.07 bits per heavy atom. The summed E-state index contributed by atoms with van der Waals surface area (Å²) in [4.78, 5) is 12.7. The van der Waals surface area contributed by atoms with Crippen LogP contribution >= 0.6 is 0 Å². The van der Waals surface area contributed by atoms with Crippen molar-refractivity contribution in [2.75, 3.05) is 49.1 Å². The second-order valence-electron chi connectivity index (χ2n) is 6.75. The van der Waals surface area contributed by atoms with Gasteiger partial charge in [0.1, 0.15) is 28.7 Å². The highest BCUT2D eigenvalue weighted by Gasteiger charge is 2.31. The number of hydrogen-bond donors (Lipinski definition) is 0. The molecule has 1 aromatic heterocycles. The predicted molar refractivity (Wildman–Crippen MR) is 101 cm³/mol. The lowest BCUT2D eigenvalue weighted by Gasteiger charge is -2.34. The van der Waals surface area contributed by atoms with Crippen LogP contribution in [0.3, 0.4) is 0 Å². The molecule has 2 aliphatic heterocycles. The van der Waals surface area contributed by atoms with Crippen LogP contribution in [0.15, 0.2) is 41.6 Å². The van der Waals surface area contributed by atoms with Crippen LogP contribution < -0.4 is 9.80 Å². The number of halogens is 1. The number of aromatic nitrogens is 2. The first-order valence-electron chi connectivity index (χ1n) is 9.12. The van der Waals surface area contributed by atoms with E-state index < -0.39 is 15.8 Å². The van der Waals surface area contributed by atoms with Gasteiger partial charge in [-0.2, -0.15) is 4.31 Å². The molecule has 4 rings (SSSR count). The van der Waals surface area contributed by atoms with Gasteiger partial charge in [0.25, 0.3) is 0 Å². The summed E-state index contributed by atoms with van der Waals surface area (Å²) in [5.41, 5.74) is 0. The minimum absolute atomic E-state index is 0.267. The van der Waals surface area contributed by atoms with Gasteiger partial charge >= 0.3 is 0 Å². The minimum Gasteiger partial charge on any atom is -0.356 e. The molecule has 0 unspecified atom stereocenters. The van der Waals surface area contributed by atoms with Gasteiger partial charge in [-0.05, 0) is 25.0 Å². The average Bonchev–Trinajstić information content (AvgIpc) is 3.23. The lowest BCUT2D eigenvalue weighted by Crippen LogP contribution is -2.49. The van der Waals surface area contributed by atoms with Crippen molar-refractivity contribution in [3.05, 3.63) is 42.5 Å². The van der Waals surface area contributed by atoms with Crippen LogP contribution in [0, 0.1) is 5.82 Å². The van der Waals surface area contributed by atoms with Gasteiger partial charge in [-0.1, -0.05) is 12.1 Å². The zero-order valence-corrected chi connectivity index (χ0v) is 15.8. The van der Waals surface area contributed by atoms with Crippen molar-refractivity contribution in [1.29, 1.82) is 0 Å². The Balaban J connectivity index is 1.46. The van der Waals surface area contributed by atoms with Crippen LogP contribution in [0.4, 0.5) is 16.0 Å². The molecule has 0 N–H and O–H groups in total. The summed E-state index contributed by atoms with van der Waals surface area (Å²) in [7, 11) is -3.83.